The number of hydrazine groups is 2. The smallest absolute Gasteiger partial charge is 0.358 e. The third kappa shape index (κ3) is 4.99. The molecule has 0 spiro atoms. The van der Waals surface area contributed by atoms with Crippen LogP contribution >= 0.6 is 0 Å². The van der Waals surface area contributed by atoms with E-state index in [-0.39, 0.29) is 31.5 Å². The standard InChI is InChI=1S/C19H22N6O7/c26-11-13(9-16(28)29)21-18(31)14-4-2-7-24-15(27)5-8-23(19(32)25(14)24)22-17(30)12-3-1-6-20-10-12/h1,3,6,10-11,13-14H,2,4-5,7-9H2,(H,21,31)(H,22,30)(H,28,29)/t13?,14-/m0/s1. The largest absolute Gasteiger partial charge is 0.481 e. The first kappa shape index (κ1) is 22.7. The van der Waals surface area contributed by atoms with E-state index in [0.29, 0.717) is 12.7 Å². The van der Waals surface area contributed by atoms with E-state index in [9.17, 15) is 28.8 Å². The highest BCUT2D eigenvalue weighted by Crippen LogP contribution is 2.23. The molecule has 13 nitrogen and oxygen atoms in total. The molecule has 13 heteroatoms. The van der Waals surface area contributed by atoms with Crippen molar-refractivity contribution in [2.75, 3.05) is 13.1 Å². The summed E-state index contributed by atoms with van der Waals surface area (Å²) in [6.45, 7) is 0.0893. The van der Waals surface area contributed by atoms with Crippen LogP contribution in [0.1, 0.15) is 36.0 Å². The molecule has 170 valence electrons. The third-order valence-electron chi connectivity index (χ3n) is 5.02. The lowest BCUT2D eigenvalue weighted by Crippen LogP contribution is -2.64. The minimum absolute atomic E-state index is 0.0835. The number of aromatic nitrogens is 1. The van der Waals surface area contributed by atoms with Crippen molar-refractivity contribution in [2.45, 2.75) is 37.8 Å². The highest BCUT2D eigenvalue weighted by Gasteiger charge is 2.44. The Kier molecular flexibility index (Phi) is 6.97. The summed E-state index contributed by atoms with van der Waals surface area (Å²) >= 11 is 0. The number of nitrogens with zero attached hydrogens (tertiary/aromatic N) is 4. The van der Waals surface area contributed by atoms with Crippen molar-refractivity contribution in [1.29, 1.82) is 0 Å². The second kappa shape index (κ2) is 9.85. The van der Waals surface area contributed by atoms with Crippen molar-refractivity contribution in [1.82, 2.24) is 30.8 Å². The monoisotopic (exact) mass is 446 g/mol. The highest BCUT2D eigenvalue weighted by molar-refractivity contribution is 5.96. The molecule has 5 amide bonds. The van der Waals surface area contributed by atoms with Gasteiger partial charge in [-0.15, -0.1) is 0 Å². The number of hydrogen-bond donors (Lipinski definition) is 3. The van der Waals surface area contributed by atoms with E-state index in [1.54, 1.807) is 6.07 Å². The van der Waals surface area contributed by atoms with Crippen molar-refractivity contribution in [2.24, 2.45) is 0 Å². The van der Waals surface area contributed by atoms with E-state index < -0.39 is 48.2 Å². The van der Waals surface area contributed by atoms with E-state index in [1.165, 1.54) is 18.5 Å². The second-order valence-electron chi connectivity index (χ2n) is 7.24. The number of amides is 5. The number of carboxylic acid groups (broad SMARTS) is 1. The van der Waals surface area contributed by atoms with Crippen molar-refractivity contribution in [3.05, 3.63) is 30.1 Å². The first-order valence-electron chi connectivity index (χ1n) is 9.91. The fourth-order valence-electron chi connectivity index (χ4n) is 3.50. The van der Waals surface area contributed by atoms with Crippen LogP contribution in [0.25, 0.3) is 0 Å². The summed E-state index contributed by atoms with van der Waals surface area (Å²) in [5, 5.41) is 14.2. The summed E-state index contributed by atoms with van der Waals surface area (Å²) in [4.78, 5) is 77.0. The first-order valence-corrected chi connectivity index (χ1v) is 9.91. The van der Waals surface area contributed by atoms with Crippen LogP contribution in [-0.4, -0.2) is 86.3 Å². The maximum Gasteiger partial charge on any atom is 0.358 e. The average molecular weight is 446 g/mol. The molecule has 3 heterocycles. The molecule has 0 saturated carbocycles. The Bertz CT molecular complexity index is 924. The molecule has 2 atom stereocenters. The van der Waals surface area contributed by atoms with Crippen LogP contribution in [0.4, 0.5) is 4.79 Å². The Balaban J connectivity index is 1.81. The molecule has 3 rings (SSSR count). The molecule has 0 aliphatic carbocycles. The van der Waals surface area contributed by atoms with Gasteiger partial charge in [0.15, 0.2) is 0 Å². The lowest BCUT2D eigenvalue weighted by Gasteiger charge is -2.42. The average Bonchev–Trinajstić information content (AvgIpc) is 2.90. The van der Waals surface area contributed by atoms with Gasteiger partial charge in [0.25, 0.3) is 5.91 Å². The van der Waals surface area contributed by atoms with Gasteiger partial charge in [-0.3, -0.25) is 29.6 Å². The molecule has 0 aromatic carbocycles. The van der Waals surface area contributed by atoms with Crippen LogP contribution in [0.2, 0.25) is 0 Å². The molecular formula is C19H22N6O7. The van der Waals surface area contributed by atoms with Crippen molar-refractivity contribution >= 4 is 36.0 Å². The normalized spacial score (nSPS) is 19.5. The van der Waals surface area contributed by atoms with Gasteiger partial charge in [-0.1, -0.05) is 0 Å². The molecule has 2 aliphatic rings. The van der Waals surface area contributed by atoms with Crippen LogP contribution < -0.4 is 10.7 Å². The van der Waals surface area contributed by atoms with Gasteiger partial charge in [-0.05, 0) is 25.0 Å². The number of fused-ring (bicyclic) bond motifs is 1. The number of carboxylic acids is 1. The fraction of sp³-hybridized carbons (Fsp3) is 0.421. The molecule has 1 aromatic rings. The highest BCUT2D eigenvalue weighted by atomic mass is 16.4. The fourth-order valence-corrected chi connectivity index (χ4v) is 3.50. The Labute approximate surface area is 182 Å². The summed E-state index contributed by atoms with van der Waals surface area (Å²) in [5.41, 5.74) is 2.63. The maximum atomic E-state index is 13.2. The molecule has 2 aliphatic heterocycles. The van der Waals surface area contributed by atoms with E-state index in [4.69, 9.17) is 5.11 Å². The summed E-state index contributed by atoms with van der Waals surface area (Å²) in [5.74, 6) is -3.08. The number of aldehydes is 1. The van der Waals surface area contributed by atoms with Crippen molar-refractivity contribution < 1.29 is 33.9 Å². The number of hydrogen-bond acceptors (Lipinski definition) is 7. The summed E-state index contributed by atoms with van der Waals surface area (Å²) < 4.78 is 0. The molecule has 2 fully saturated rings. The second-order valence-corrected chi connectivity index (χ2v) is 7.24. The Morgan fingerprint density at radius 1 is 1.28 bits per heavy atom. The predicted octanol–water partition coefficient (Wildman–Crippen LogP) is -1.08. The minimum Gasteiger partial charge on any atom is -0.481 e. The summed E-state index contributed by atoms with van der Waals surface area (Å²) in [7, 11) is 0. The maximum absolute atomic E-state index is 13.2. The van der Waals surface area contributed by atoms with Gasteiger partial charge >= 0.3 is 12.0 Å². The minimum atomic E-state index is -1.28. The van der Waals surface area contributed by atoms with Crippen LogP contribution in [0, 0.1) is 0 Å². The number of nitrogens with one attached hydrogen (secondary N) is 2. The zero-order chi connectivity index (χ0) is 23.3. The number of pyridine rings is 1. The predicted molar refractivity (Wildman–Crippen MR) is 105 cm³/mol. The quantitative estimate of drug-likeness (QED) is 0.444. The van der Waals surface area contributed by atoms with Crippen molar-refractivity contribution in [3.63, 3.8) is 0 Å². The number of aliphatic carboxylic acids is 1. The number of carbonyl (C=O) groups is 6. The number of carbonyl (C=O) groups excluding carboxylic acids is 5. The van der Waals surface area contributed by atoms with Crippen LogP contribution in [-0.2, 0) is 19.2 Å². The van der Waals surface area contributed by atoms with Gasteiger partial charge in [0.1, 0.15) is 12.3 Å². The topological polar surface area (TPSA) is 169 Å². The molecule has 1 unspecified atom stereocenters. The van der Waals surface area contributed by atoms with E-state index in [0.717, 1.165) is 15.0 Å². The number of rotatable bonds is 7. The molecule has 0 bridgehead atoms. The van der Waals surface area contributed by atoms with Gasteiger partial charge in [0.2, 0.25) is 11.8 Å². The molecule has 2 saturated heterocycles. The van der Waals surface area contributed by atoms with Gasteiger partial charge < -0.3 is 15.2 Å². The molecular weight excluding hydrogens is 424 g/mol. The van der Waals surface area contributed by atoms with Gasteiger partial charge in [0.05, 0.1) is 24.6 Å². The Morgan fingerprint density at radius 3 is 2.72 bits per heavy atom. The third-order valence-corrected chi connectivity index (χ3v) is 5.02. The zero-order valence-corrected chi connectivity index (χ0v) is 17.0. The van der Waals surface area contributed by atoms with Gasteiger partial charge in [-0.25, -0.2) is 19.8 Å². The summed E-state index contributed by atoms with van der Waals surface area (Å²) in [6.07, 6.45) is 2.99. The molecule has 0 radical (unpaired) electrons. The SMILES string of the molecule is O=CC(CC(=O)O)NC(=O)[C@@H]1CCCN2C(=O)CCN(NC(=O)c3cccnc3)C(=O)N12. The summed E-state index contributed by atoms with van der Waals surface area (Å²) in [6, 6.07) is -0.187. The first-order chi connectivity index (χ1) is 15.3. The van der Waals surface area contributed by atoms with Crippen molar-refractivity contribution in [3.8, 4) is 0 Å². The lowest BCUT2D eigenvalue weighted by atomic mass is 10.1. The van der Waals surface area contributed by atoms with Crippen LogP contribution in [0.5, 0.6) is 0 Å². The van der Waals surface area contributed by atoms with Crippen LogP contribution in [0.15, 0.2) is 24.5 Å². The van der Waals surface area contributed by atoms with E-state index >= 15 is 0 Å². The number of urea groups is 1. The molecule has 32 heavy (non-hydrogen) atoms. The zero-order valence-electron chi connectivity index (χ0n) is 17.0. The van der Waals surface area contributed by atoms with E-state index in [1.807, 2.05) is 0 Å². The van der Waals surface area contributed by atoms with Crippen LogP contribution in [0.3, 0.4) is 0 Å². The molecule has 1 aromatic heterocycles. The van der Waals surface area contributed by atoms with E-state index in [2.05, 4.69) is 15.7 Å². The lowest BCUT2D eigenvalue weighted by molar-refractivity contribution is -0.155. The Hall–Kier alpha value is -4.03. The van der Waals surface area contributed by atoms with Gasteiger partial charge in [0, 0.05) is 25.4 Å². The molecule has 3 N–H and O–H groups in total. The Morgan fingerprint density at radius 2 is 2.06 bits per heavy atom. The van der Waals surface area contributed by atoms with Gasteiger partial charge in [-0.2, -0.15) is 0 Å².